The first-order valence-corrected chi connectivity index (χ1v) is 5.57. The van der Waals surface area contributed by atoms with Gasteiger partial charge < -0.3 is 5.32 Å². The van der Waals surface area contributed by atoms with Gasteiger partial charge >= 0.3 is 0 Å². The zero-order valence-corrected chi connectivity index (χ0v) is 10.0. The SMILES string of the molecule is CC(NCc1cc(Cl)ccc1F)c1ncn[nH]1. The first-order valence-electron chi connectivity index (χ1n) is 5.19. The maximum Gasteiger partial charge on any atom is 0.141 e. The molecule has 6 heteroatoms. The molecule has 0 spiro atoms. The molecule has 0 saturated carbocycles. The van der Waals surface area contributed by atoms with Crippen LogP contribution in [0.3, 0.4) is 0 Å². The van der Waals surface area contributed by atoms with E-state index in [-0.39, 0.29) is 11.9 Å². The highest BCUT2D eigenvalue weighted by atomic mass is 35.5. The van der Waals surface area contributed by atoms with Crippen molar-refractivity contribution in [2.75, 3.05) is 0 Å². The van der Waals surface area contributed by atoms with E-state index >= 15 is 0 Å². The van der Waals surface area contributed by atoms with Gasteiger partial charge in [-0.05, 0) is 25.1 Å². The van der Waals surface area contributed by atoms with Gasteiger partial charge in [-0.2, -0.15) is 5.10 Å². The molecular formula is C11H12ClFN4. The van der Waals surface area contributed by atoms with Crippen LogP contribution >= 0.6 is 11.6 Å². The monoisotopic (exact) mass is 254 g/mol. The fourth-order valence-electron chi connectivity index (χ4n) is 1.46. The summed E-state index contributed by atoms with van der Waals surface area (Å²) < 4.78 is 13.4. The lowest BCUT2D eigenvalue weighted by atomic mass is 10.2. The summed E-state index contributed by atoms with van der Waals surface area (Å²) in [6.07, 6.45) is 1.44. The summed E-state index contributed by atoms with van der Waals surface area (Å²) in [7, 11) is 0. The van der Waals surface area contributed by atoms with Gasteiger partial charge in [0.1, 0.15) is 18.0 Å². The normalized spacial score (nSPS) is 12.6. The molecule has 1 atom stereocenters. The number of rotatable bonds is 4. The Morgan fingerprint density at radius 1 is 1.53 bits per heavy atom. The second-order valence-electron chi connectivity index (χ2n) is 3.71. The highest BCUT2D eigenvalue weighted by Crippen LogP contribution is 2.15. The van der Waals surface area contributed by atoms with Crippen molar-refractivity contribution in [3.8, 4) is 0 Å². The quantitative estimate of drug-likeness (QED) is 0.881. The Labute approximate surface area is 103 Å². The van der Waals surface area contributed by atoms with Crippen molar-refractivity contribution in [2.45, 2.75) is 19.5 Å². The van der Waals surface area contributed by atoms with Crippen LogP contribution in [-0.4, -0.2) is 15.2 Å². The van der Waals surface area contributed by atoms with E-state index in [1.807, 2.05) is 6.92 Å². The zero-order chi connectivity index (χ0) is 12.3. The Hall–Kier alpha value is -1.46. The number of aromatic amines is 1. The van der Waals surface area contributed by atoms with Gasteiger partial charge in [0.2, 0.25) is 0 Å². The summed E-state index contributed by atoms with van der Waals surface area (Å²) in [5.41, 5.74) is 0.531. The molecule has 2 rings (SSSR count). The fourth-order valence-corrected chi connectivity index (χ4v) is 1.66. The maximum atomic E-state index is 13.4. The molecule has 2 N–H and O–H groups in total. The van der Waals surface area contributed by atoms with Crippen LogP contribution in [0.1, 0.15) is 24.4 Å². The molecule has 4 nitrogen and oxygen atoms in total. The maximum absolute atomic E-state index is 13.4. The van der Waals surface area contributed by atoms with E-state index in [2.05, 4.69) is 20.5 Å². The summed E-state index contributed by atoms with van der Waals surface area (Å²) in [4.78, 5) is 4.02. The lowest BCUT2D eigenvalue weighted by molar-refractivity contribution is 0.527. The highest BCUT2D eigenvalue weighted by molar-refractivity contribution is 6.30. The standard InChI is InChI=1S/C11H12ClFN4/c1-7(11-15-6-16-17-11)14-5-8-4-9(12)2-3-10(8)13/h2-4,6-7,14H,5H2,1H3,(H,15,16,17). The molecule has 0 aliphatic carbocycles. The van der Waals surface area contributed by atoms with Crippen molar-refractivity contribution in [3.05, 3.63) is 46.8 Å². The summed E-state index contributed by atoms with van der Waals surface area (Å²) in [5.74, 6) is 0.444. The van der Waals surface area contributed by atoms with Gasteiger partial charge in [-0.15, -0.1) is 0 Å². The number of nitrogens with one attached hydrogen (secondary N) is 2. The number of hydrogen-bond donors (Lipinski definition) is 2. The van der Waals surface area contributed by atoms with Gasteiger partial charge in [0, 0.05) is 17.1 Å². The molecule has 1 aromatic carbocycles. The summed E-state index contributed by atoms with van der Waals surface area (Å²) in [5, 5.41) is 10.2. The van der Waals surface area contributed by atoms with E-state index < -0.39 is 0 Å². The summed E-state index contributed by atoms with van der Waals surface area (Å²) in [6.45, 7) is 2.30. The van der Waals surface area contributed by atoms with Crippen LogP contribution in [0.2, 0.25) is 5.02 Å². The van der Waals surface area contributed by atoms with Gasteiger partial charge in [0.25, 0.3) is 0 Å². The van der Waals surface area contributed by atoms with E-state index in [1.165, 1.54) is 18.5 Å². The van der Waals surface area contributed by atoms with Crippen LogP contribution in [0.15, 0.2) is 24.5 Å². The molecule has 0 aliphatic rings. The van der Waals surface area contributed by atoms with E-state index in [0.717, 1.165) is 0 Å². The Kier molecular flexibility index (Phi) is 3.71. The third kappa shape index (κ3) is 3.01. The molecule has 0 bridgehead atoms. The minimum atomic E-state index is -0.272. The fraction of sp³-hybridized carbons (Fsp3) is 0.273. The molecule has 0 radical (unpaired) electrons. The minimum absolute atomic E-state index is 0.0316. The van der Waals surface area contributed by atoms with E-state index in [1.54, 1.807) is 6.07 Å². The van der Waals surface area contributed by atoms with Crippen molar-refractivity contribution >= 4 is 11.6 Å². The first kappa shape index (κ1) is 12.0. The number of halogens is 2. The minimum Gasteiger partial charge on any atom is -0.303 e. The van der Waals surface area contributed by atoms with E-state index in [4.69, 9.17) is 11.6 Å². The van der Waals surface area contributed by atoms with Gasteiger partial charge in [-0.25, -0.2) is 9.37 Å². The largest absolute Gasteiger partial charge is 0.303 e. The number of nitrogens with zero attached hydrogens (tertiary/aromatic N) is 2. The lowest BCUT2D eigenvalue weighted by Crippen LogP contribution is -2.19. The molecule has 2 aromatic rings. The second kappa shape index (κ2) is 5.25. The van der Waals surface area contributed by atoms with Crippen LogP contribution in [0.5, 0.6) is 0 Å². The number of hydrogen-bond acceptors (Lipinski definition) is 3. The Balaban J connectivity index is 2.00. The van der Waals surface area contributed by atoms with Crippen molar-refractivity contribution in [2.24, 2.45) is 0 Å². The Morgan fingerprint density at radius 3 is 3.06 bits per heavy atom. The summed E-state index contributed by atoms with van der Waals surface area (Å²) >= 11 is 5.81. The van der Waals surface area contributed by atoms with Crippen molar-refractivity contribution in [1.29, 1.82) is 0 Å². The molecule has 1 unspecified atom stereocenters. The van der Waals surface area contributed by atoms with Crippen molar-refractivity contribution in [3.63, 3.8) is 0 Å². The third-order valence-corrected chi connectivity index (χ3v) is 2.69. The second-order valence-corrected chi connectivity index (χ2v) is 4.15. The van der Waals surface area contributed by atoms with E-state index in [0.29, 0.717) is 23.0 Å². The average molecular weight is 255 g/mol. The Morgan fingerprint density at radius 2 is 2.35 bits per heavy atom. The van der Waals surface area contributed by atoms with Crippen LogP contribution in [0.4, 0.5) is 4.39 Å². The van der Waals surface area contributed by atoms with Crippen molar-refractivity contribution < 1.29 is 4.39 Å². The lowest BCUT2D eigenvalue weighted by Gasteiger charge is -2.11. The van der Waals surface area contributed by atoms with Crippen LogP contribution in [0, 0.1) is 5.82 Å². The molecule has 90 valence electrons. The number of H-pyrrole nitrogens is 1. The molecule has 0 saturated heterocycles. The molecule has 0 aliphatic heterocycles. The van der Waals surface area contributed by atoms with Gasteiger partial charge in [-0.3, -0.25) is 5.10 Å². The zero-order valence-electron chi connectivity index (χ0n) is 9.24. The molecule has 0 amide bonds. The van der Waals surface area contributed by atoms with Crippen LogP contribution in [-0.2, 0) is 6.54 Å². The summed E-state index contributed by atoms with van der Waals surface area (Å²) in [6, 6.07) is 4.46. The van der Waals surface area contributed by atoms with Crippen LogP contribution in [0.25, 0.3) is 0 Å². The average Bonchev–Trinajstić information content (AvgIpc) is 2.83. The van der Waals surface area contributed by atoms with E-state index in [9.17, 15) is 4.39 Å². The number of aromatic nitrogens is 3. The molecule has 0 fully saturated rings. The number of benzene rings is 1. The van der Waals surface area contributed by atoms with Gasteiger partial charge in [-0.1, -0.05) is 11.6 Å². The topological polar surface area (TPSA) is 53.6 Å². The van der Waals surface area contributed by atoms with Gasteiger partial charge in [0.05, 0.1) is 6.04 Å². The predicted molar refractivity (Wildman–Crippen MR) is 63.0 cm³/mol. The van der Waals surface area contributed by atoms with Gasteiger partial charge in [0.15, 0.2) is 0 Å². The smallest absolute Gasteiger partial charge is 0.141 e. The molecule has 1 aromatic heterocycles. The molecular weight excluding hydrogens is 243 g/mol. The third-order valence-electron chi connectivity index (χ3n) is 2.45. The molecule has 17 heavy (non-hydrogen) atoms. The highest BCUT2D eigenvalue weighted by Gasteiger charge is 2.09. The molecule has 1 heterocycles. The first-order chi connectivity index (χ1) is 8.16. The predicted octanol–water partition coefficient (Wildman–Crippen LogP) is 2.45. The Bertz CT molecular complexity index is 486. The van der Waals surface area contributed by atoms with Crippen LogP contribution < -0.4 is 5.32 Å². The van der Waals surface area contributed by atoms with Crippen molar-refractivity contribution in [1.82, 2.24) is 20.5 Å².